The van der Waals surface area contributed by atoms with Crippen LogP contribution in [0.25, 0.3) is 0 Å². The topological polar surface area (TPSA) is 88.2 Å². The number of hydrogen-bond acceptors (Lipinski definition) is 6. The number of sulfone groups is 1. The molecule has 1 aliphatic rings. The summed E-state index contributed by atoms with van der Waals surface area (Å²) in [5.74, 6) is -0.816. The second kappa shape index (κ2) is 8.64. The number of thiazole rings is 1. The van der Waals surface area contributed by atoms with Crippen LogP contribution in [0, 0.1) is 5.82 Å². The molecule has 148 valence electrons. The predicted octanol–water partition coefficient (Wildman–Crippen LogP) is 2.40. The van der Waals surface area contributed by atoms with Crippen molar-refractivity contribution in [3.05, 3.63) is 46.7 Å². The summed E-state index contributed by atoms with van der Waals surface area (Å²) in [5.41, 5.74) is 0.930. The quantitative estimate of drug-likeness (QED) is 0.755. The summed E-state index contributed by atoms with van der Waals surface area (Å²) in [6.07, 6.45) is 3.80. The second-order valence-electron chi connectivity index (χ2n) is 6.41. The van der Waals surface area contributed by atoms with E-state index in [9.17, 15) is 17.6 Å². The van der Waals surface area contributed by atoms with Gasteiger partial charge in [0.05, 0.1) is 0 Å². The van der Waals surface area contributed by atoms with E-state index in [1.165, 1.54) is 23.5 Å². The van der Waals surface area contributed by atoms with Gasteiger partial charge in [-0.2, -0.15) is 0 Å². The van der Waals surface area contributed by atoms with Crippen molar-refractivity contribution in [2.24, 2.45) is 0 Å². The maximum Gasteiger partial charge on any atom is 0.247 e. The lowest BCUT2D eigenvalue weighted by molar-refractivity contribution is -0.119. The van der Waals surface area contributed by atoms with E-state index in [0.717, 1.165) is 16.7 Å². The summed E-state index contributed by atoms with van der Waals surface area (Å²) in [4.78, 5) is 17.8. The Balaban J connectivity index is 0.00000261. The fourth-order valence-electron chi connectivity index (χ4n) is 3.06. The molecular formula is C17H21ClFN3O3S2. The third-order valence-electron chi connectivity index (χ3n) is 4.60. The van der Waals surface area contributed by atoms with Crippen LogP contribution >= 0.6 is 23.7 Å². The maximum absolute atomic E-state index is 13.0. The molecular weight excluding hydrogens is 413 g/mol. The van der Waals surface area contributed by atoms with Crippen LogP contribution in [-0.2, 0) is 21.1 Å². The fraction of sp³-hybridized carbons (Fsp3) is 0.412. The van der Waals surface area contributed by atoms with Gasteiger partial charge in [0.1, 0.15) is 5.82 Å². The first-order valence-electron chi connectivity index (χ1n) is 8.21. The average Bonchev–Trinajstić information content (AvgIpc) is 3.03. The normalized spacial score (nSPS) is 16.4. The van der Waals surface area contributed by atoms with Gasteiger partial charge in [-0.1, -0.05) is 12.1 Å². The summed E-state index contributed by atoms with van der Waals surface area (Å²) >= 11 is 1.29. The molecule has 0 bridgehead atoms. The van der Waals surface area contributed by atoms with Crippen LogP contribution in [0.5, 0.6) is 0 Å². The lowest BCUT2D eigenvalue weighted by atomic mass is 9.96. The molecule has 1 amide bonds. The highest BCUT2D eigenvalue weighted by Gasteiger charge is 2.48. The summed E-state index contributed by atoms with van der Waals surface area (Å²) in [6.45, 7) is 0.961. The fourth-order valence-corrected chi connectivity index (χ4v) is 5.23. The van der Waals surface area contributed by atoms with Crippen LogP contribution < -0.4 is 10.6 Å². The molecule has 1 aliphatic heterocycles. The van der Waals surface area contributed by atoms with Gasteiger partial charge in [-0.25, -0.2) is 17.8 Å². The molecule has 0 radical (unpaired) electrons. The number of piperidine rings is 1. The number of carbonyl (C=O) groups is 1. The molecule has 2 N–H and O–H groups in total. The lowest BCUT2D eigenvalue weighted by Gasteiger charge is -2.33. The van der Waals surface area contributed by atoms with E-state index in [-0.39, 0.29) is 31.1 Å². The highest BCUT2D eigenvalue weighted by atomic mass is 35.5. The third kappa shape index (κ3) is 4.84. The van der Waals surface area contributed by atoms with Crippen LogP contribution in [0.15, 0.2) is 30.5 Å². The molecule has 3 rings (SSSR count). The number of rotatable bonds is 5. The molecule has 1 aromatic heterocycles. The minimum Gasteiger partial charge on any atom is -0.317 e. The van der Waals surface area contributed by atoms with E-state index >= 15 is 0 Å². The molecule has 2 aromatic rings. The predicted molar refractivity (Wildman–Crippen MR) is 107 cm³/mol. The highest BCUT2D eigenvalue weighted by molar-refractivity contribution is 7.92. The number of hydrogen-bond donors (Lipinski definition) is 2. The molecule has 0 aliphatic carbocycles. The van der Waals surface area contributed by atoms with E-state index in [2.05, 4.69) is 15.6 Å². The second-order valence-corrected chi connectivity index (χ2v) is 9.85. The number of carbonyl (C=O) groups excluding carboxylic acids is 1. The number of aromatic nitrogens is 1. The maximum atomic E-state index is 13.0. The van der Waals surface area contributed by atoms with Gasteiger partial charge >= 0.3 is 0 Å². The van der Waals surface area contributed by atoms with Gasteiger partial charge in [0, 0.05) is 23.8 Å². The number of benzene rings is 1. The van der Waals surface area contributed by atoms with Crippen LogP contribution in [-0.4, -0.2) is 43.4 Å². The first-order valence-corrected chi connectivity index (χ1v) is 10.9. The van der Waals surface area contributed by atoms with Crippen LogP contribution in [0.4, 0.5) is 9.52 Å². The summed E-state index contributed by atoms with van der Waals surface area (Å²) in [6, 6.07) is 6.18. The Morgan fingerprint density at radius 3 is 2.52 bits per heavy atom. The largest absolute Gasteiger partial charge is 0.317 e. The van der Waals surface area contributed by atoms with Crippen molar-refractivity contribution < 1.29 is 17.6 Å². The molecule has 0 unspecified atom stereocenters. The van der Waals surface area contributed by atoms with E-state index < -0.39 is 20.5 Å². The first kappa shape index (κ1) is 21.7. The Labute approximate surface area is 167 Å². The van der Waals surface area contributed by atoms with Gasteiger partial charge in [-0.3, -0.25) is 4.79 Å². The molecule has 1 aromatic carbocycles. The van der Waals surface area contributed by atoms with Gasteiger partial charge in [-0.15, -0.1) is 23.7 Å². The van der Waals surface area contributed by atoms with Crippen LogP contribution in [0.3, 0.4) is 0 Å². The monoisotopic (exact) mass is 433 g/mol. The molecule has 10 heteroatoms. The van der Waals surface area contributed by atoms with Crippen LogP contribution in [0.2, 0.25) is 0 Å². The molecule has 1 saturated heterocycles. The van der Waals surface area contributed by atoms with Crippen molar-refractivity contribution in [3.8, 4) is 0 Å². The number of nitrogens with one attached hydrogen (secondary N) is 2. The minimum absolute atomic E-state index is 0. The van der Waals surface area contributed by atoms with Crippen molar-refractivity contribution in [3.63, 3.8) is 0 Å². The van der Waals surface area contributed by atoms with Crippen molar-refractivity contribution >= 4 is 44.6 Å². The lowest BCUT2D eigenvalue weighted by Crippen LogP contribution is -2.55. The van der Waals surface area contributed by atoms with Crippen molar-refractivity contribution in [1.82, 2.24) is 10.3 Å². The van der Waals surface area contributed by atoms with E-state index in [1.54, 1.807) is 18.3 Å². The molecule has 6 nitrogen and oxygen atoms in total. The standard InChI is InChI=1S/C17H20FN3O3S2.ClH/c1-26(23,24)17(6-8-19-9-7-17)15(22)21-16-20-11-14(25-16)10-12-2-4-13(18)5-3-12;/h2-5,11,19H,6-10H2,1H3,(H,20,21,22);1H. The molecule has 1 fully saturated rings. The minimum atomic E-state index is -3.56. The van der Waals surface area contributed by atoms with Gasteiger partial charge in [-0.05, 0) is 43.6 Å². The van der Waals surface area contributed by atoms with Crippen LogP contribution in [0.1, 0.15) is 23.3 Å². The molecule has 2 heterocycles. The molecule has 0 spiro atoms. The van der Waals surface area contributed by atoms with Crippen molar-refractivity contribution in [2.75, 3.05) is 24.7 Å². The zero-order valence-electron chi connectivity index (χ0n) is 14.7. The van der Waals surface area contributed by atoms with Gasteiger partial charge in [0.2, 0.25) is 5.91 Å². The highest BCUT2D eigenvalue weighted by Crippen LogP contribution is 2.30. The zero-order valence-corrected chi connectivity index (χ0v) is 17.1. The van der Waals surface area contributed by atoms with E-state index in [4.69, 9.17) is 0 Å². The number of halogens is 2. The third-order valence-corrected chi connectivity index (χ3v) is 7.53. The Kier molecular flexibility index (Phi) is 6.96. The molecule has 0 saturated carbocycles. The number of anilines is 1. The Bertz CT molecular complexity index is 894. The smallest absolute Gasteiger partial charge is 0.247 e. The van der Waals surface area contributed by atoms with E-state index in [0.29, 0.717) is 24.6 Å². The summed E-state index contributed by atoms with van der Waals surface area (Å²) < 4.78 is 36.1. The van der Waals surface area contributed by atoms with Gasteiger partial charge < -0.3 is 10.6 Å². The van der Waals surface area contributed by atoms with Gasteiger partial charge in [0.15, 0.2) is 19.7 Å². The Hall–Kier alpha value is -1.55. The SMILES string of the molecule is CS(=O)(=O)C1(C(=O)Nc2ncc(Cc3ccc(F)cc3)s2)CCNCC1.Cl. The molecule has 27 heavy (non-hydrogen) atoms. The first-order chi connectivity index (χ1) is 12.3. The Morgan fingerprint density at radius 1 is 1.30 bits per heavy atom. The summed E-state index contributed by atoms with van der Waals surface area (Å²) in [5, 5.41) is 6.13. The summed E-state index contributed by atoms with van der Waals surface area (Å²) in [7, 11) is -3.56. The Morgan fingerprint density at radius 2 is 1.93 bits per heavy atom. The number of nitrogens with zero attached hydrogens (tertiary/aromatic N) is 1. The number of amides is 1. The van der Waals surface area contributed by atoms with Crippen molar-refractivity contribution in [1.29, 1.82) is 0 Å². The molecule has 0 atom stereocenters. The van der Waals surface area contributed by atoms with E-state index in [1.807, 2.05) is 0 Å². The zero-order chi connectivity index (χ0) is 18.8. The average molecular weight is 434 g/mol. The van der Waals surface area contributed by atoms with Crippen molar-refractivity contribution in [2.45, 2.75) is 24.0 Å². The van der Waals surface area contributed by atoms with Gasteiger partial charge in [0.25, 0.3) is 0 Å².